The average molecular weight is 698 g/mol. The first kappa shape index (κ1) is 38.9. The molecule has 1 aromatic rings. The van der Waals surface area contributed by atoms with Gasteiger partial charge in [-0.15, -0.1) is 13.2 Å². The molecular weight excluding hydrogens is 642 g/mol. The zero-order valence-corrected chi connectivity index (χ0v) is 29.8. The molecule has 4 rings (SSSR count). The van der Waals surface area contributed by atoms with Crippen LogP contribution in [-0.4, -0.2) is 91.5 Å². The van der Waals surface area contributed by atoms with E-state index in [4.69, 9.17) is 23.8 Å². The minimum Gasteiger partial charge on any atom is -0.459 e. The number of likely N-dealkylation sites (N-methyl/N-ethyl adjacent to an activating group) is 1. The molecule has 1 aromatic carbocycles. The van der Waals surface area contributed by atoms with Crippen molar-refractivity contribution in [3.8, 4) is 11.5 Å². The van der Waals surface area contributed by atoms with Crippen LogP contribution in [0.25, 0.3) is 0 Å². The van der Waals surface area contributed by atoms with Crippen molar-refractivity contribution in [3.05, 3.63) is 60.7 Å². The van der Waals surface area contributed by atoms with Crippen molar-refractivity contribution in [3.63, 3.8) is 0 Å². The van der Waals surface area contributed by atoms with E-state index in [0.717, 1.165) is 36.8 Å². The number of hydrogen-bond donors (Lipinski definition) is 3. The van der Waals surface area contributed by atoms with Gasteiger partial charge in [-0.1, -0.05) is 36.2 Å². The van der Waals surface area contributed by atoms with Crippen LogP contribution < -0.4 is 14.8 Å². The Bertz CT molecular complexity index is 1380. The van der Waals surface area contributed by atoms with Crippen molar-refractivity contribution < 1.29 is 43.6 Å². The molecule has 276 valence electrons. The Morgan fingerprint density at radius 3 is 2.56 bits per heavy atom. The first-order valence-electron chi connectivity index (χ1n) is 18.0. The van der Waals surface area contributed by atoms with E-state index < -0.39 is 29.9 Å². The fraction of sp³-hybridized carbons (Fsp3) is 0.605. The zero-order valence-electron chi connectivity index (χ0n) is 29.8. The lowest BCUT2D eigenvalue weighted by atomic mass is 9.55. The summed E-state index contributed by atoms with van der Waals surface area (Å²) < 4.78 is 25.2. The van der Waals surface area contributed by atoms with Crippen LogP contribution in [0.4, 0.5) is 9.59 Å². The highest BCUT2D eigenvalue weighted by Gasteiger charge is 2.65. The van der Waals surface area contributed by atoms with Crippen molar-refractivity contribution in [2.45, 2.75) is 83.0 Å². The minimum absolute atomic E-state index is 0.0417. The molecule has 0 unspecified atom stereocenters. The van der Waals surface area contributed by atoms with Gasteiger partial charge in [0, 0.05) is 44.7 Å². The number of benzene rings is 1. The van der Waals surface area contributed by atoms with Crippen LogP contribution in [0, 0.1) is 17.8 Å². The maximum Gasteiger partial charge on any atom is 0.412 e. The number of allylic oxidation sites excluding steroid dienone is 1. The van der Waals surface area contributed by atoms with E-state index in [9.17, 15) is 19.8 Å². The summed E-state index contributed by atoms with van der Waals surface area (Å²) in [5, 5.41) is 26.8. The third-order valence-corrected chi connectivity index (χ3v) is 9.78. The molecule has 50 heavy (non-hydrogen) atoms. The van der Waals surface area contributed by atoms with Crippen LogP contribution in [0.5, 0.6) is 11.5 Å². The largest absolute Gasteiger partial charge is 0.459 e. The Labute approximate surface area is 296 Å². The third kappa shape index (κ3) is 8.70. The lowest BCUT2D eigenvalue weighted by molar-refractivity contribution is -0.253. The number of nitrogens with one attached hydrogen (secondary N) is 1. The van der Waals surface area contributed by atoms with E-state index in [1.165, 1.54) is 4.90 Å². The molecule has 1 fully saturated rings. The SMILES string of the molecule is C=CCCOC(=O)N(C)[C@H]1CC(=NOCC)C2=C[C@H](CCCCO)[C@@H](CCCCO)[C@@H]3c4cc(OC(=O)NCC)ccc4O[C@@]1(OCC=C)[C@H]23. The van der Waals surface area contributed by atoms with Crippen LogP contribution >= 0.6 is 0 Å². The van der Waals surface area contributed by atoms with Crippen LogP contribution in [0.2, 0.25) is 0 Å². The molecule has 3 aliphatic rings. The van der Waals surface area contributed by atoms with E-state index in [0.29, 0.717) is 49.6 Å². The molecule has 0 bridgehead atoms. The molecule has 6 atom stereocenters. The van der Waals surface area contributed by atoms with Crippen molar-refractivity contribution in [1.82, 2.24) is 10.2 Å². The first-order chi connectivity index (χ1) is 24.3. The fourth-order valence-electron chi connectivity index (χ4n) is 7.68. The molecular formula is C38H55N3O9. The number of amides is 2. The predicted molar refractivity (Wildman–Crippen MR) is 190 cm³/mol. The maximum atomic E-state index is 13.6. The fourth-order valence-corrected chi connectivity index (χ4v) is 7.68. The second kappa shape index (κ2) is 18.9. The number of unbranched alkanes of at least 4 members (excludes halogenated alkanes) is 2. The Morgan fingerprint density at radius 1 is 1.12 bits per heavy atom. The number of oxime groups is 1. The standard InChI is InChI=1S/C38H55N3O9/c1-6-10-22-46-37(45)41(5)33-25-31(40-48-9-4)29-23-26(15-11-13-19-42)28(16-12-14-20-43)34-30-24-27(49-36(44)39-8-3)17-18-32(30)50-38(33,35(29)34)47-21-7-2/h6-7,17-18,23-24,26,28,33-35,42-43H,1-2,8-16,19-22,25H2,3-5H3,(H,39,44)/t26-,28+,33-,34+,35+,38+/m0/s1. The highest BCUT2D eigenvalue weighted by molar-refractivity contribution is 6.02. The molecule has 2 aliphatic carbocycles. The summed E-state index contributed by atoms with van der Waals surface area (Å²) in [6, 6.07) is 4.68. The Hall–Kier alpha value is -3.87. The number of carbonyl (C=O) groups is 2. The van der Waals surface area contributed by atoms with Gasteiger partial charge < -0.3 is 44.2 Å². The summed E-state index contributed by atoms with van der Waals surface area (Å²) in [6.45, 7) is 12.6. The summed E-state index contributed by atoms with van der Waals surface area (Å²) in [6.07, 6.45) is 9.86. The average Bonchev–Trinajstić information content (AvgIpc) is 3.11. The molecule has 0 aromatic heterocycles. The van der Waals surface area contributed by atoms with E-state index in [2.05, 4.69) is 29.7 Å². The first-order valence-corrected chi connectivity index (χ1v) is 18.0. The normalized spacial score (nSPS) is 25.7. The second-order valence-corrected chi connectivity index (χ2v) is 12.9. The summed E-state index contributed by atoms with van der Waals surface area (Å²) >= 11 is 0. The number of hydrogen-bond acceptors (Lipinski definition) is 10. The highest BCUT2D eigenvalue weighted by atomic mass is 16.7. The molecule has 2 amide bonds. The van der Waals surface area contributed by atoms with Crippen molar-refractivity contribution in [2.24, 2.45) is 22.9 Å². The van der Waals surface area contributed by atoms with Gasteiger partial charge in [0.05, 0.1) is 24.8 Å². The Balaban J connectivity index is 1.98. The summed E-state index contributed by atoms with van der Waals surface area (Å²) in [5.74, 6) is -1.04. The lowest BCUT2D eigenvalue weighted by Gasteiger charge is -2.59. The molecule has 1 heterocycles. The summed E-state index contributed by atoms with van der Waals surface area (Å²) in [5.41, 5.74) is 2.47. The lowest BCUT2D eigenvalue weighted by Crippen LogP contribution is -2.69. The van der Waals surface area contributed by atoms with Crippen LogP contribution in [0.1, 0.15) is 76.7 Å². The van der Waals surface area contributed by atoms with Crippen molar-refractivity contribution in [1.29, 1.82) is 0 Å². The van der Waals surface area contributed by atoms with E-state index in [1.807, 2.05) is 19.9 Å². The number of fused-ring (bicyclic) bond motifs is 2. The molecule has 1 aliphatic heterocycles. The number of nitrogens with zero attached hydrogens (tertiary/aromatic N) is 2. The van der Waals surface area contributed by atoms with Gasteiger partial charge in [-0.05, 0) is 81.6 Å². The molecule has 0 spiro atoms. The van der Waals surface area contributed by atoms with Gasteiger partial charge in [0.1, 0.15) is 24.1 Å². The van der Waals surface area contributed by atoms with Gasteiger partial charge in [0.15, 0.2) is 0 Å². The van der Waals surface area contributed by atoms with Crippen LogP contribution in [0.15, 0.2) is 60.3 Å². The number of ether oxygens (including phenoxy) is 4. The number of aliphatic hydroxyl groups excluding tert-OH is 2. The minimum atomic E-state index is -1.39. The van der Waals surface area contributed by atoms with Gasteiger partial charge >= 0.3 is 12.2 Å². The van der Waals surface area contributed by atoms with E-state index >= 15 is 0 Å². The van der Waals surface area contributed by atoms with E-state index in [-0.39, 0.29) is 50.6 Å². The number of rotatable bonds is 19. The second-order valence-electron chi connectivity index (χ2n) is 12.9. The molecule has 12 nitrogen and oxygen atoms in total. The van der Waals surface area contributed by atoms with Crippen molar-refractivity contribution in [2.75, 3.05) is 46.6 Å². The summed E-state index contributed by atoms with van der Waals surface area (Å²) in [7, 11) is 1.68. The monoisotopic (exact) mass is 697 g/mol. The Kier molecular flexibility index (Phi) is 14.7. The number of carbonyl (C=O) groups excluding carboxylic acids is 2. The molecule has 0 radical (unpaired) electrons. The van der Waals surface area contributed by atoms with Crippen molar-refractivity contribution >= 4 is 17.9 Å². The maximum absolute atomic E-state index is 13.6. The summed E-state index contributed by atoms with van der Waals surface area (Å²) in [4.78, 5) is 33.4. The van der Waals surface area contributed by atoms with Crippen LogP contribution in [0.3, 0.4) is 0 Å². The topological polar surface area (TPSA) is 148 Å². The molecule has 12 heteroatoms. The third-order valence-electron chi connectivity index (χ3n) is 9.78. The Morgan fingerprint density at radius 2 is 1.88 bits per heavy atom. The molecule has 3 N–H and O–H groups in total. The van der Waals surface area contributed by atoms with E-state index in [1.54, 1.807) is 31.3 Å². The van der Waals surface area contributed by atoms with Crippen LogP contribution in [-0.2, 0) is 14.3 Å². The van der Waals surface area contributed by atoms with Gasteiger partial charge in [-0.25, -0.2) is 9.59 Å². The van der Waals surface area contributed by atoms with Gasteiger partial charge in [0.2, 0.25) is 5.79 Å². The van der Waals surface area contributed by atoms with Gasteiger partial charge in [0.25, 0.3) is 0 Å². The smallest absolute Gasteiger partial charge is 0.412 e. The zero-order chi connectivity index (χ0) is 36.1. The molecule has 0 saturated heterocycles. The molecule has 1 saturated carbocycles. The number of aliphatic hydroxyl groups is 2. The van der Waals surface area contributed by atoms with Gasteiger partial charge in [-0.3, -0.25) is 0 Å². The quantitative estimate of drug-likeness (QED) is 0.0887. The highest BCUT2D eigenvalue weighted by Crippen LogP contribution is 2.61. The predicted octanol–water partition coefficient (Wildman–Crippen LogP) is 6.09. The van der Waals surface area contributed by atoms with Gasteiger partial charge in [-0.2, -0.15) is 0 Å².